The van der Waals surface area contributed by atoms with Crippen LogP contribution in [0.25, 0.3) is 0 Å². The van der Waals surface area contributed by atoms with Crippen molar-refractivity contribution in [3.8, 4) is 5.75 Å². The molecule has 1 aromatic heterocycles. The number of benzene rings is 1. The van der Waals surface area contributed by atoms with Crippen molar-refractivity contribution in [1.29, 1.82) is 0 Å². The molecule has 1 fully saturated rings. The second-order valence-corrected chi connectivity index (χ2v) is 7.26. The molecule has 0 spiro atoms. The molecule has 0 aliphatic carbocycles. The summed E-state index contributed by atoms with van der Waals surface area (Å²) in [6.07, 6.45) is 6.53. The van der Waals surface area contributed by atoms with Gasteiger partial charge in [0.05, 0.1) is 7.11 Å². The molecule has 6 heteroatoms. The highest BCUT2D eigenvalue weighted by molar-refractivity contribution is 5.94. The second-order valence-electron chi connectivity index (χ2n) is 7.26. The van der Waals surface area contributed by atoms with E-state index in [1.165, 1.54) is 0 Å². The van der Waals surface area contributed by atoms with Crippen molar-refractivity contribution in [2.45, 2.75) is 32.6 Å². The molecule has 2 aromatic rings. The molecule has 1 aliphatic rings. The molecule has 2 amide bonds. The average molecular weight is 381 g/mol. The van der Waals surface area contributed by atoms with Crippen LogP contribution in [-0.2, 0) is 4.79 Å². The van der Waals surface area contributed by atoms with Crippen molar-refractivity contribution >= 4 is 17.5 Å². The molecule has 1 aromatic carbocycles. The van der Waals surface area contributed by atoms with E-state index < -0.39 is 0 Å². The number of carbonyl (C=O) groups excluding carboxylic acids is 2. The lowest BCUT2D eigenvalue weighted by molar-refractivity contribution is -0.116. The summed E-state index contributed by atoms with van der Waals surface area (Å²) in [5, 5.41) is 2.98. The van der Waals surface area contributed by atoms with Gasteiger partial charge in [-0.05, 0) is 68.0 Å². The first-order chi connectivity index (χ1) is 13.6. The number of pyridine rings is 1. The molecule has 1 saturated heterocycles. The van der Waals surface area contributed by atoms with Gasteiger partial charge in [-0.2, -0.15) is 0 Å². The number of rotatable bonds is 6. The molecular weight excluding hydrogens is 354 g/mol. The Morgan fingerprint density at radius 1 is 1.25 bits per heavy atom. The van der Waals surface area contributed by atoms with Crippen LogP contribution >= 0.6 is 0 Å². The molecule has 1 unspecified atom stereocenters. The first-order valence-electron chi connectivity index (χ1n) is 9.70. The number of anilines is 1. The number of ether oxygens (including phenoxy) is 1. The normalized spacial score (nSPS) is 16.5. The van der Waals surface area contributed by atoms with E-state index in [4.69, 9.17) is 4.74 Å². The summed E-state index contributed by atoms with van der Waals surface area (Å²) in [6.45, 7) is 3.42. The van der Waals surface area contributed by atoms with Gasteiger partial charge in [0.25, 0.3) is 5.91 Å². The summed E-state index contributed by atoms with van der Waals surface area (Å²) >= 11 is 0. The SMILES string of the molecule is COc1ccc(NC(=O)CCC2CCCN(C(=O)c3ccncc3)C2)c(C)c1. The Labute approximate surface area is 165 Å². The maximum absolute atomic E-state index is 12.6. The van der Waals surface area contributed by atoms with Crippen LogP contribution in [0.15, 0.2) is 42.7 Å². The van der Waals surface area contributed by atoms with E-state index in [2.05, 4.69) is 10.3 Å². The maximum Gasteiger partial charge on any atom is 0.253 e. The minimum absolute atomic E-state index is 0.00542. The third-order valence-corrected chi connectivity index (χ3v) is 5.22. The van der Waals surface area contributed by atoms with Gasteiger partial charge in [-0.3, -0.25) is 14.6 Å². The summed E-state index contributed by atoms with van der Waals surface area (Å²) in [6, 6.07) is 9.10. The highest BCUT2D eigenvalue weighted by atomic mass is 16.5. The molecular formula is C22H27N3O3. The predicted octanol–water partition coefficient (Wildman–Crippen LogP) is 3.67. The Kier molecular flexibility index (Phi) is 6.63. The minimum Gasteiger partial charge on any atom is -0.497 e. The summed E-state index contributed by atoms with van der Waals surface area (Å²) < 4.78 is 5.19. The molecule has 0 bridgehead atoms. The number of methoxy groups -OCH3 is 1. The van der Waals surface area contributed by atoms with Gasteiger partial charge in [0.15, 0.2) is 0 Å². The first kappa shape index (κ1) is 19.9. The van der Waals surface area contributed by atoms with Gasteiger partial charge in [0, 0.05) is 43.2 Å². The fraction of sp³-hybridized carbons (Fsp3) is 0.409. The van der Waals surface area contributed by atoms with E-state index in [9.17, 15) is 9.59 Å². The van der Waals surface area contributed by atoms with Crippen LogP contribution in [0.5, 0.6) is 5.75 Å². The number of carbonyl (C=O) groups is 2. The van der Waals surface area contributed by atoms with Crippen molar-refractivity contribution in [2.75, 3.05) is 25.5 Å². The predicted molar refractivity (Wildman–Crippen MR) is 108 cm³/mol. The molecule has 0 radical (unpaired) electrons. The fourth-order valence-corrected chi connectivity index (χ4v) is 3.61. The average Bonchev–Trinajstić information content (AvgIpc) is 2.74. The Morgan fingerprint density at radius 2 is 2.04 bits per heavy atom. The number of hydrogen-bond acceptors (Lipinski definition) is 4. The largest absolute Gasteiger partial charge is 0.497 e. The van der Waals surface area contributed by atoms with Gasteiger partial charge in [0.2, 0.25) is 5.91 Å². The van der Waals surface area contributed by atoms with E-state index in [-0.39, 0.29) is 11.8 Å². The van der Waals surface area contributed by atoms with E-state index in [1.807, 2.05) is 30.0 Å². The molecule has 2 heterocycles. The number of amides is 2. The van der Waals surface area contributed by atoms with Crippen LogP contribution in [0.2, 0.25) is 0 Å². The molecule has 0 saturated carbocycles. The first-order valence-corrected chi connectivity index (χ1v) is 9.70. The highest BCUT2D eigenvalue weighted by Crippen LogP contribution is 2.24. The summed E-state index contributed by atoms with van der Waals surface area (Å²) in [4.78, 5) is 30.9. The molecule has 1 aliphatic heterocycles. The highest BCUT2D eigenvalue weighted by Gasteiger charge is 2.24. The van der Waals surface area contributed by atoms with Crippen LogP contribution in [0, 0.1) is 12.8 Å². The summed E-state index contributed by atoms with van der Waals surface area (Å²) in [5.74, 6) is 1.18. The standard InChI is InChI=1S/C22H27N3O3/c1-16-14-19(28-2)6-7-20(16)24-21(26)8-5-17-4-3-13-25(15-17)22(27)18-9-11-23-12-10-18/h6-7,9-12,14,17H,3-5,8,13,15H2,1-2H3,(H,24,26). The molecule has 148 valence electrons. The Morgan fingerprint density at radius 3 is 2.75 bits per heavy atom. The van der Waals surface area contributed by atoms with Crippen molar-refractivity contribution in [3.05, 3.63) is 53.9 Å². The lowest BCUT2D eigenvalue weighted by Crippen LogP contribution is -2.40. The van der Waals surface area contributed by atoms with Gasteiger partial charge >= 0.3 is 0 Å². The number of nitrogens with one attached hydrogen (secondary N) is 1. The number of aryl methyl sites for hydroxylation is 1. The third kappa shape index (κ3) is 5.09. The molecule has 6 nitrogen and oxygen atoms in total. The monoisotopic (exact) mass is 381 g/mol. The zero-order valence-corrected chi connectivity index (χ0v) is 16.5. The number of piperidine rings is 1. The van der Waals surface area contributed by atoms with Gasteiger partial charge < -0.3 is 15.0 Å². The van der Waals surface area contributed by atoms with E-state index in [0.717, 1.165) is 42.8 Å². The van der Waals surface area contributed by atoms with Gasteiger partial charge in [0.1, 0.15) is 5.75 Å². The Hall–Kier alpha value is -2.89. The van der Waals surface area contributed by atoms with E-state index >= 15 is 0 Å². The third-order valence-electron chi connectivity index (χ3n) is 5.22. The number of likely N-dealkylation sites (tertiary alicyclic amines) is 1. The maximum atomic E-state index is 12.6. The van der Waals surface area contributed by atoms with Crippen molar-refractivity contribution in [2.24, 2.45) is 5.92 Å². The van der Waals surface area contributed by atoms with Crippen LogP contribution in [0.1, 0.15) is 41.6 Å². The Bertz CT molecular complexity index is 823. The van der Waals surface area contributed by atoms with Gasteiger partial charge in [-0.1, -0.05) is 0 Å². The molecule has 1 atom stereocenters. The van der Waals surface area contributed by atoms with Crippen LogP contribution < -0.4 is 10.1 Å². The minimum atomic E-state index is 0.00542. The van der Waals surface area contributed by atoms with E-state index in [0.29, 0.717) is 24.4 Å². The zero-order chi connectivity index (χ0) is 19.9. The number of aromatic nitrogens is 1. The van der Waals surface area contributed by atoms with Crippen molar-refractivity contribution in [3.63, 3.8) is 0 Å². The number of nitrogens with zero attached hydrogens (tertiary/aromatic N) is 2. The van der Waals surface area contributed by atoms with Crippen molar-refractivity contribution in [1.82, 2.24) is 9.88 Å². The van der Waals surface area contributed by atoms with Gasteiger partial charge in [-0.25, -0.2) is 0 Å². The quantitative estimate of drug-likeness (QED) is 0.829. The van der Waals surface area contributed by atoms with Crippen LogP contribution in [-0.4, -0.2) is 41.9 Å². The van der Waals surface area contributed by atoms with Crippen LogP contribution in [0.3, 0.4) is 0 Å². The van der Waals surface area contributed by atoms with Crippen LogP contribution in [0.4, 0.5) is 5.69 Å². The van der Waals surface area contributed by atoms with Crippen molar-refractivity contribution < 1.29 is 14.3 Å². The Balaban J connectivity index is 1.50. The smallest absolute Gasteiger partial charge is 0.253 e. The fourth-order valence-electron chi connectivity index (χ4n) is 3.61. The second kappa shape index (κ2) is 9.35. The van der Waals surface area contributed by atoms with Gasteiger partial charge in [-0.15, -0.1) is 0 Å². The molecule has 1 N–H and O–H groups in total. The lowest BCUT2D eigenvalue weighted by atomic mass is 9.93. The molecule has 28 heavy (non-hydrogen) atoms. The zero-order valence-electron chi connectivity index (χ0n) is 16.5. The number of hydrogen-bond donors (Lipinski definition) is 1. The lowest BCUT2D eigenvalue weighted by Gasteiger charge is -2.32. The summed E-state index contributed by atoms with van der Waals surface area (Å²) in [5.41, 5.74) is 2.45. The molecule has 3 rings (SSSR count). The summed E-state index contributed by atoms with van der Waals surface area (Å²) in [7, 11) is 1.62. The topological polar surface area (TPSA) is 71.5 Å². The van der Waals surface area contributed by atoms with E-state index in [1.54, 1.807) is 31.6 Å².